The van der Waals surface area contributed by atoms with Crippen molar-refractivity contribution in [3.63, 3.8) is 0 Å². The number of benzene rings is 1. The lowest BCUT2D eigenvalue weighted by atomic mass is 10.1. The number of amides is 1. The highest BCUT2D eigenvalue weighted by molar-refractivity contribution is 5.85. The van der Waals surface area contributed by atoms with Crippen LogP contribution in [0, 0.1) is 10.1 Å². The zero-order valence-electron chi connectivity index (χ0n) is 11.4. The Morgan fingerprint density at radius 3 is 2.37 bits per heavy atom. The number of nitro groups is 1. The van der Waals surface area contributed by atoms with Gasteiger partial charge in [-0.15, -0.1) is 0 Å². The van der Waals surface area contributed by atoms with Crippen LogP contribution in [0.15, 0.2) is 24.3 Å². The topological polar surface area (TPSA) is 84.3 Å². The van der Waals surface area contributed by atoms with Crippen molar-refractivity contribution in [2.45, 2.75) is 25.8 Å². The van der Waals surface area contributed by atoms with Crippen molar-refractivity contribution in [2.24, 2.45) is 0 Å². The summed E-state index contributed by atoms with van der Waals surface area (Å²) < 4.78 is 0. The SMILES string of the molecule is CNC(C)(C)C(=O)NCCc1ccc([N+](=O)[O-])cc1. The zero-order chi connectivity index (χ0) is 14.5. The fourth-order valence-electron chi connectivity index (χ4n) is 1.44. The van der Waals surface area contributed by atoms with Crippen LogP contribution in [0.25, 0.3) is 0 Å². The van der Waals surface area contributed by atoms with Gasteiger partial charge in [0.1, 0.15) is 0 Å². The molecule has 0 aliphatic carbocycles. The predicted octanol–water partition coefficient (Wildman–Crippen LogP) is 1.25. The van der Waals surface area contributed by atoms with E-state index in [0.717, 1.165) is 5.56 Å². The molecule has 2 N–H and O–H groups in total. The first-order chi connectivity index (χ1) is 8.86. The third-order valence-corrected chi connectivity index (χ3v) is 3.04. The second-order valence-corrected chi connectivity index (χ2v) is 4.80. The van der Waals surface area contributed by atoms with Gasteiger partial charge in [0.25, 0.3) is 5.69 Å². The van der Waals surface area contributed by atoms with Gasteiger partial charge in [0, 0.05) is 18.7 Å². The first kappa shape index (κ1) is 15.1. The minimum Gasteiger partial charge on any atom is -0.354 e. The molecule has 0 radical (unpaired) electrons. The Morgan fingerprint density at radius 1 is 1.32 bits per heavy atom. The van der Waals surface area contributed by atoms with Crippen LogP contribution in [-0.4, -0.2) is 30.0 Å². The number of nitro benzene ring substituents is 1. The highest BCUT2D eigenvalue weighted by Gasteiger charge is 2.24. The van der Waals surface area contributed by atoms with E-state index in [9.17, 15) is 14.9 Å². The number of nitrogens with zero attached hydrogens (tertiary/aromatic N) is 1. The molecular weight excluding hydrogens is 246 g/mol. The molecule has 0 bridgehead atoms. The fourth-order valence-corrected chi connectivity index (χ4v) is 1.44. The van der Waals surface area contributed by atoms with E-state index in [2.05, 4.69) is 10.6 Å². The second-order valence-electron chi connectivity index (χ2n) is 4.80. The van der Waals surface area contributed by atoms with Gasteiger partial charge in [0.2, 0.25) is 5.91 Å². The summed E-state index contributed by atoms with van der Waals surface area (Å²) in [7, 11) is 1.73. The van der Waals surface area contributed by atoms with E-state index in [-0.39, 0.29) is 11.6 Å². The molecule has 6 heteroatoms. The molecule has 0 atom stereocenters. The molecule has 19 heavy (non-hydrogen) atoms. The van der Waals surface area contributed by atoms with Gasteiger partial charge in [-0.2, -0.15) is 0 Å². The van der Waals surface area contributed by atoms with Crippen molar-refractivity contribution in [3.05, 3.63) is 39.9 Å². The number of hydrogen-bond donors (Lipinski definition) is 2. The summed E-state index contributed by atoms with van der Waals surface area (Å²) in [5.74, 6) is -0.0723. The summed E-state index contributed by atoms with van der Waals surface area (Å²) in [6.07, 6.45) is 0.642. The molecule has 1 aromatic carbocycles. The third kappa shape index (κ3) is 4.33. The number of hydrogen-bond acceptors (Lipinski definition) is 4. The van der Waals surface area contributed by atoms with Crippen molar-refractivity contribution >= 4 is 11.6 Å². The second kappa shape index (κ2) is 6.29. The van der Waals surface area contributed by atoms with Gasteiger partial charge in [0.15, 0.2) is 0 Å². The average molecular weight is 265 g/mol. The Morgan fingerprint density at radius 2 is 1.89 bits per heavy atom. The quantitative estimate of drug-likeness (QED) is 0.599. The van der Waals surface area contributed by atoms with Crippen LogP contribution in [0.2, 0.25) is 0 Å². The van der Waals surface area contributed by atoms with Crippen LogP contribution >= 0.6 is 0 Å². The lowest BCUT2D eigenvalue weighted by molar-refractivity contribution is -0.384. The van der Waals surface area contributed by atoms with Crippen molar-refractivity contribution < 1.29 is 9.72 Å². The lowest BCUT2D eigenvalue weighted by Crippen LogP contribution is -2.51. The van der Waals surface area contributed by atoms with Gasteiger partial charge in [-0.3, -0.25) is 14.9 Å². The average Bonchev–Trinajstić information content (AvgIpc) is 2.39. The molecule has 6 nitrogen and oxygen atoms in total. The summed E-state index contributed by atoms with van der Waals surface area (Å²) >= 11 is 0. The molecule has 0 saturated carbocycles. The number of carbonyl (C=O) groups is 1. The summed E-state index contributed by atoms with van der Waals surface area (Å²) in [5, 5.41) is 16.2. The maximum absolute atomic E-state index is 11.8. The minimum atomic E-state index is -0.602. The first-order valence-electron chi connectivity index (χ1n) is 6.07. The van der Waals surface area contributed by atoms with E-state index in [4.69, 9.17) is 0 Å². The van der Waals surface area contributed by atoms with Gasteiger partial charge in [-0.1, -0.05) is 12.1 Å². The van der Waals surface area contributed by atoms with Crippen LogP contribution < -0.4 is 10.6 Å². The number of likely N-dealkylation sites (N-methyl/N-ethyl adjacent to an activating group) is 1. The molecule has 104 valence electrons. The number of non-ortho nitro benzene ring substituents is 1. The number of carbonyl (C=O) groups excluding carboxylic acids is 1. The molecule has 1 rings (SSSR count). The van der Waals surface area contributed by atoms with Crippen molar-refractivity contribution in [1.82, 2.24) is 10.6 Å². The van der Waals surface area contributed by atoms with Gasteiger partial charge >= 0.3 is 0 Å². The van der Waals surface area contributed by atoms with E-state index >= 15 is 0 Å². The standard InChI is InChI=1S/C13H19N3O3/c1-13(2,14-3)12(17)15-9-8-10-4-6-11(7-5-10)16(18)19/h4-7,14H,8-9H2,1-3H3,(H,15,17). The molecule has 0 saturated heterocycles. The number of rotatable bonds is 6. The van der Waals surface area contributed by atoms with E-state index in [1.165, 1.54) is 12.1 Å². The van der Waals surface area contributed by atoms with Crippen LogP contribution in [0.3, 0.4) is 0 Å². The highest BCUT2D eigenvalue weighted by Crippen LogP contribution is 2.12. The largest absolute Gasteiger partial charge is 0.354 e. The maximum atomic E-state index is 11.8. The Labute approximate surface area is 112 Å². The molecule has 0 aliphatic rings. The maximum Gasteiger partial charge on any atom is 0.269 e. The number of nitrogens with one attached hydrogen (secondary N) is 2. The van der Waals surface area contributed by atoms with Crippen LogP contribution in [0.5, 0.6) is 0 Å². The molecule has 0 spiro atoms. The van der Waals surface area contributed by atoms with Crippen molar-refractivity contribution in [1.29, 1.82) is 0 Å². The third-order valence-electron chi connectivity index (χ3n) is 3.04. The van der Waals surface area contributed by atoms with Gasteiger partial charge < -0.3 is 10.6 Å². The van der Waals surface area contributed by atoms with E-state index in [1.807, 2.05) is 0 Å². The predicted molar refractivity (Wildman–Crippen MR) is 72.9 cm³/mol. The van der Waals surface area contributed by atoms with Gasteiger partial charge in [-0.25, -0.2) is 0 Å². The summed E-state index contributed by atoms with van der Waals surface area (Å²) in [5.41, 5.74) is 0.424. The summed E-state index contributed by atoms with van der Waals surface area (Å²) in [6, 6.07) is 6.34. The summed E-state index contributed by atoms with van der Waals surface area (Å²) in [6.45, 7) is 4.10. The molecular formula is C13H19N3O3. The van der Waals surface area contributed by atoms with Gasteiger partial charge in [0.05, 0.1) is 10.5 Å². The molecule has 0 fully saturated rings. The monoisotopic (exact) mass is 265 g/mol. The van der Waals surface area contributed by atoms with Crippen LogP contribution in [-0.2, 0) is 11.2 Å². The minimum absolute atomic E-state index is 0.0723. The Hall–Kier alpha value is -1.95. The van der Waals surface area contributed by atoms with E-state index in [1.54, 1.807) is 33.0 Å². The molecule has 0 aromatic heterocycles. The van der Waals surface area contributed by atoms with Crippen molar-refractivity contribution in [3.8, 4) is 0 Å². The normalized spacial score (nSPS) is 11.1. The van der Waals surface area contributed by atoms with Crippen molar-refractivity contribution in [2.75, 3.05) is 13.6 Å². The van der Waals surface area contributed by atoms with Gasteiger partial charge in [-0.05, 0) is 32.9 Å². The summed E-state index contributed by atoms with van der Waals surface area (Å²) in [4.78, 5) is 21.8. The zero-order valence-corrected chi connectivity index (χ0v) is 11.4. The first-order valence-corrected chi connectivity index (χ1v) is 6.07. The molecule has 0 aliphatic heterocycles. The fraction of sp³-hybridized carbons (Fsp3) is 0.462. The molecule has 1 aromatic rings. The Balaban J connectivity index is 2.45. The molecule has 1 amide bonds. The van der Waals surface area contributed by atoms with Crippen LogP contribution in [0.4, 0.5) is 5.69 Å². The van der Waals surface area contributed by atoms with E-state index in [0.29, 0.717) is 13.0 Å². The Bertz CT molecular complexity index is 455. The lowest BCUT2D eigenvalue weighted by Gasteiger charge is -2.22. The van der Waals surface area contributed by atoms with Crippen LogP contribution in [0.1, 0.15) is 19.4 Å². The smallest absolute Gasteiger partial charge is 0.269 e. The Kier molecular flexibility index (Phi) is 5.00. The molecule has 0 unspecified atom stereocenters. The highest BCUT2D eigenvalue weighted by atomic mass is 16.6. The molecule has 0 heterocycles. The van der Waals surface area contributed by atoms with E-state index < -0.39 is 10.5 Å².